The van der Waals surface area contributed by atoms with Gasteiger partial charge in [-0.15, -0.1) is 0 Å². The van der Waals surface area contributed by atoms with Crippen molar-refractivity contribution in [3.8, 4) is 0 Å². The van der Waals surface area contributed by atoms with Crippen LogP contribution in [0.2, 0.25) is 0 Å². The van der Waals surface area contributed by atoms with Crippen molar-refractivity contribution in [2.75, 3.05) is 14.1 Å². The van der Waals surface area contributed by atoms with E-state index in [1.807, 2.05) is 12.3 Å². The molecule has 1 heterocycles. The first-order valence-corrected chi connectivity index (χ1v) is 8.59. The summed E-state index contributed by atoms with van der Waals surface area (Å²) in [7, 11) is 4.02. The van der Waals surface area contributed by atoms with Gasteiger partial charge in [0.05, 0.1) is 0 Å². The lowest BCUT2D eigenvalue weighted by Crippen LogP contribution is -2.46. The number of fused-ring (bicyclic) bond motifs is 5. The molecular weight excluding hydrogens is 270 g/mol. The Morgan fingerprint density at radius 3 is 2.68 bits per heavy atom. The molecule has 22 heavy (non-hydrogen) atoms. The van der Waals surface area contributed by atoms with Crippen LogP contribution in [0.15, 0.2) is 28.8 Å². The number of hydrogen-bond acceptors (Lipinski definition) is 3. The number of rotatable bonds is 3. The Kier molecular flexibility index (Phi) is 3.85. The molecule has 5 unspecified atom stereocenters. The molecule has 0 radical (unpaired) electrons. The molecule has 3 nitrogen and oxygen atoms in total. The van der Waals surface area contributed by atoms with Crippen LogP contribution in [0.5, 0.6) is 0 Å². The van der Waals surface area contributed by atoms with E-state index in [4.69, 9.17) is 0 Å². The molecule has 3 heteroatoms. The maximum atomic E-state index is 3.99. The monoisotopic (exact) mass is 301 g/mol. The van der Waals surface area contributed by atoms with Gasteiger partial charge < -0.3 is 0 Å². The maximum absolute atomic E-state index is 3.99. The van der Waals surface area contributed by atoms with E-state index in [0.29, 0.717) is 22.9 Å². The zero-order valence-electron chi connectivity index (χ0n) is 14.9. The third-order valence-electron chi connectivity index (χ3n) is 7.21. The van der Waals surface area contributed by atoms with Crippen molar-refractivity contribution in [2.24, 2.45) is 27.7 Å². The Hall–Kier alpha value is -0.930. The Morgan fingerprint density at radius 2 is 2.00 bits per heavy atom. The highest BCUT2D eigenvalue weighted by atomic mass is 15.6. The fraction of sp³-hybridized carbons (Fsp3) is 0.737. The molecule has 2 bridgehead atoms. The molecule has 1 aliphatic heterocycles. The average molecular weight is 301 g/mol. The smallest absolute Gasteiger partial charge is 0.0496 e. The van der Waals surface area contributed by atoms with E-state index in [2.05, 4.69) is 62.3 Å². The van der Waals surface area contributed by atoms with Crippen molar-refractivity contribution in [3.63, 3.8) is 0 Å². The third kappa shape index (κ3) is 1.98. The first-order chi connectivity index (χ1) is 10.3. The lowest BCUT2D eigenvalue weighted by atomic mass is 9.69. The molecule has 122 valence electrons. The second-order valence-corrected chi connectivity index (χ2v) is 8.23. The summed E-state index contributed by atoms with van der Waals surface area (Å²) in [5, 5.41) is 2.37. The van der Waals surface area contributed by atoms with E-state index >= 15 is 0 Å². The largest absolute Gasteiger partial charge is 0.297 e. The second kappa shape index (κ2) is 5.31. The summed E-state index contributed by atoms with van der Waals surface area (Å²) >= 11 is 0. The lowest BCUT2D eigenvalue weighted by molar-refractivity contribution is 0.0874. The van der Waals surface area contributed by atoms with Gasteiger partial charge in [0.2, 0.25) is 0 Å². The van der Waals surface area contributed by atoms with Gasteiger partial charge >= 0.3 is 0 Å². The number of aliphatic imine (C=N–C) groups is 1. The lowest BCUT2D eigenvalue weighted by Gasteiger charge is -2.39. The van der Waals surface area contributed by atoms with Gasteiger partial charge in [-0.05, 0) is 42.6 Å². The van der Waals surface area contributed by atoms with Gasteiger partial charge in [0.15, 0.2) is 0 Å². The van der Waals surface area contributed by atoms with Gasteiger partial charge in [-0.25, -0.2) is 5.01 Å². The highest BCUT2D eigenvalue weighted by Crippen LogP contribution is 2.70. The molecular formula is C19H31N3. The predicted molar refractivity (Wildman–Crippen MR) is 93.9 cm³/mol. The van der Waals surface area contributed by atoms with Gasteiger partial charge in [-0.1, -0.05) is 38.5 Å². The minimum Gasteiger partial charge on any atom is -0.297 e. The zero-order valence-corrected chi connectivity index (χ0v) is 14.9. The molecule has 3 rings (SSSR count). The second-order valence-electron chi connectivity index (χ2n) is 8.23. The molecule has 0 amide bonds. The van der Waals surface area contributed by atoms with Crippen molar-refractivity contribution in [1.82, 2.24) is 10.4 Å². The van der Waals surface area contributed by atoms with Crippen LogP contribution in [0.25, 0.3) is 0 Å². The molecule has 1 N–H and O–H groups in total. The number of nitrogens with one attached hydrogen (secondary N) is 1. The highest BCUT2D eigenvalue weighted by Gasteiger charge is 2.69. The van der Waals surface area contributed by atoms with Crippen molar-refractivity contribution >= 4 is 6.21 Å². The molecule has 5 atom stereocenters. The Labute approximate surface area is 135 Å². The quantitative estimate of drug-likeness (QED) is 0.638. The van der Waals surface area contributed by atoms with Crippen LogP contribution in [-0.4, -0.2) is 37.4 Å². The zero-order chi connectivity index (χ0) is 16.1. The van der Waals surface area contributed by atoms with E-state index in [-0.39, 0.29) is 0 Å². The normalized spacial score (nSPS) is 44.5. The van der Waals surface area contributed by atoms with E-state index in [9.17, 15) is 0 Å². The summed E-state index contributed by atoms with van der Waals surface area (Å²) in [6.07, 6.45) is 11.0. The SMILES string of the molecule is C/N=C/C=C\C=C(/C)C1C2C3CCC(C)(C2NN1C)C3(C)C. The van der Waals surface area contributed by atoms with Crippen molar-refractivity contribution < 1.29 is 0 Å². The van der Waals surface area contributed by atoms with Gasteiger partial charge in [-0.2, -0.15) is 0 Å². The fourth-order valence-corrected chi connectivity index (χ4v) is 5.69. The number of allylic oxidation sites excluding steroid dienone is 3. The number of hydrazine groups is 1. The Bertz CT molecular complexity index is 531. The van der Waals surface area contributed by atoms with Crippen LogP contribution in [0.1, 0.15) is 40.5 Å². The van der Waals surface area contributed by atoms with Crippen LogP contribution >= 0.6 is 0 Å². The summed E-state index contributed by atoms with van der Waals surface area (Å²) < 4.78 is 0. The van der Waals surface area contributed by atoms with Crippen LogP contribution in [0.3, 0.4) is 0 Å². The topological polar surface area (TPSA) is 27.6 Å². The van der Waals surface area contributed by atoms with Gasteiger partial charge in [0.1, 0.15) is 0 Å². The minimum atomic E-state index is 0.427. The first kappa shape index (κ1) is 15.9. The minimum absolute atomic E-state index is 0.427. The van der Waals surface area contributed by atoms with Gasteiger partial charge in [0.25, 0.3) is 0 Å². The number of likely N-dealkylation sites (N-methyl/N-ethyl adjacent to an activating group) is 1. The van der Waals surface area contributed by atoms with Crippen LogP contribution in [0, 0.1) is 22.7 Å². The van der Waals surface area contributed by atoms with Crippen molar-refractivity contribution in [1.29, 1.82) is 0 Å². The van der Waals surface area contributed by atoms with E-state index < -0.39 is 0 Å². The van der Waals surface area contributed by atoms with Crippen molar-refractivity contribution in [3.05, 3.63) is 23.8 Å². The Balaban J connectivity index is 1.89. The van der Waals surface area contributed by atoms with E-state index in [0.717, 1.165) is 11.8 Å². The molecule has 2 aliphatic carbocycles. The maximum Gasteiger partial charge on any atom is 0.0496 e. The van der Waals surface area contributed by atoms with Gasteiger partial charge in [0, 0.05) is 38.3 Å². The summed E-state index contributed by atoms with van der Waals surface area (Å²) in [4.78, 5) is 3.99. The van der Waals surface area contributed by atoms with Crippen LogP contribution in [0.4, 0.5) is 0 Å². The van der Waals surface area contributed by atoms with E-state index in [1.165, 1.54) is 18.4 Å². The molecule has 1 saturated heterocycles. The van der Waals surface area contributed by atoms with Crippen LogP contribution in [-0.2, 0) is 0 Å². The molecule has 2 saturated carbocycles. The summed E-state index contributed by atoms with van der Waals surface area (Å²) in [6, 6.07) is 1.14. The highest BCUT2D eigenvalue weighted by molar-refractivity contribution is 5.71. The Morgan fingerprint density at radius 1 is 1.27 bits per heavy atom. The number of nitrogens with zero attached hydrogens (tertiary/aromatic N) is 2. The molecule has 0 aromatic heterocycles. The predicted octanol–water partition coefficient (Wildman–Crippen LogP) is 3.45. The summed E-state index contributed by atoms with van der Waals surface area (Å²) in [5.74, 6) is 1.57. The van der Waals surface area contributed by atoms with E-state index in [1.54, 1.807) is 7.05 Å². The fourth-order valence-electron chi connectivity index (χ4n) is 5.69. The average Bonchev–Trinajstić information content (AvgIpc) is 2.96. The number of hydrogen-bond donors (Lipinski definition) is 1. The standard InChI is InChI=1S/C19H31N3/c1-13(9-7-8-12-20-5)16-15-14-10-11-19(4,18(14,2)3)17(15)21-22(16)6/h7-9,12,14-17,21H,10-11H2,1-6H3/b8-7-,13-9+,20-12+. The van der Waals surface area contributed by atoms with Gasteiger partial charge in [-0.3, -0.25) is 10.4 Å². The molecule has 3 fully saturated rings. The van der Waals surface area contributed by atoms with Crippen LogP contribution < -0.4 is 5.43 Å². The molecule has 0 spiro atoms. The third-order valence-corrected chi connectivity index (χ3v) is 7.21. The first-order valence-electron chi connectivity index (χ1n) is 8.59. The summed E-state index contributed by atoms with van der Waals surface area (Å²) in [6.45, 7) is 9.79. The molecule has 0 aromatic carbocycles. The summed E-state index contributed by atoms with van der Waals surface area (Å²) in [5.41, 5.74) is 6.14. The van der Waals surface area contributed by atoms with Crippen molar-refractivity contribution in [2.45, 2.75) is 52.6 Å². The molecule has 3 aliphatic rings. The molecule has 0 aromatic rings.